The van der Waals surface area contributed by atoms with Crippen molar-refractivity contribution in [2.75, 3.05) is 19.0 Å². The lowest BCUT2D eigenvalue weighted by molar-refractivity contribution is -0.118. The molecule has 6 heteroatoms. The summed E-state index contributed by atoms with van der Waals surface area (Å²) in [6.07, 6.45) is 0. The van der Waals surface area contributed by atoms with Crippen molar-refractivity contribution < 1.29 is 14.3 Å². The summed E-state index contributed by atoms with van der Waals surface area (Å²) in [5, 5.41) is 3.25. The van der Waals surface area contributed by atoms with Crippen LogP contribution in [0.3, 0.4) is 0 Å². The molecule has 0 saturated carbocycles. The van der Waals surface area contributed by atoms with Gasteiger partial charge in [0, 0.05) is 5.02 Å². The summed E-state index contributed by atoms with van der Waals surface area (Å²) >= 11 is 9.42. The number of anilines is 1. The van der Waals surface area contributed by atoms with E-state index in [0.717, 1.165) is 4.47 Å². The van der Waals surface area contributed by atoms with Crippen LogP contribution in [0.2, 0.25) is 5.02 Å². The van der Waals surface area contributed by atoms with Crippen LogP contribution in [-0.2, 0) is 4.79 Å². The minimum atomic E-state index is -0.296. The lowest BCUT2D eigenvalue weighted by Gasteiger charge is -2.13. The number of amides is 1. The third kappa shape index (κ3) is 4.89. The molecule has 0 radical (unpaired) electrons. The van der Waals surface area contributed by atoms with E-state index in [1.807, 2.05) is 18.2 Å². The molecule has 2 aromatic rings. The van der Waals surface area contributed by atoms with Gasteiger partial charge in [-0.3, -0.25) is 4.79 Å². The van der Waals surface area contributed by atoms with Crippen molar-refractivity contribution in [2.24, 2.45) is 0 Å². The van der Waals surface area contributed by atoms with Gasteiger partial charge >= 0.3 is 0 Å². The van der Waals surface area contributed by atoms with Crippen LogP contribution < -0.4 is 14.8 Å². The first-order chi connectivity index (χ1) is 11.4. The second-order valence-corrected chi connectivity index (χ2v) is 6.82. The number of halogens is 2. The number of rotatable bonds is 6. The highest BCUT2D eigenvalue weighted by atomic mass is 79.9. The van der Waals surface area contributed by atoms with Gasteiger partial charge in [0.2, 0.25) is 0 Å². The maximum absolute atomic E-state index is 12.1. The van der Waals surface area contributed by atoms with E-state index < -0.39 is 0 Å². The minimum absolute atomic E-state index is 0.116. The van der Waals surface area contributed by atoms with E-state index in [1.165, 1.54) is 12.7 Å². The molecular weight excluding hydrogens is 394 g/mol. The van der Waals surface area contributed by atoms with Crippen molar-refractivity contribution in [3.8, 4) is 11.5 Å². The topological polar surface area (TPSA) is 47.6 Å². The Labute approximate surface area is 155 Å². The predicted octanol–water partition coefficient (Wildman–Crippen LogP) is 5.25. The molecule has 1 N–H and O–H groups in total. The quantitative estimate of drug-likeness (QED) is 0.704. The molecule has 0 aliphatic heterocycles. The van der Waals surface area contributed by atoms with E-state index in [2.05, 4.69) is 35.1 Å². The van der Waals surface area contributed by atoms with Crippen molar-refractivity contribution in [3.63, 3.8) is 0 Å². The molecule has 0 heterocycles. The molecule has 0 aromatic heterocycles. The number of benzene rings is 2. The van der Waals surface area contributed by atoms with Gasteiger partial charge in [0.1, 0.15) is 11.5 Å². The van der Waals surface area contributed by atoms with E-state index in [-0.39, 0.29) is 12.5 Å². The highest BCUT2D eigenvalue weighted by molar-refractivity contribution is 9.10. The number of hydrogen-bond acceptors (Lipinski definition) is 3. The molecule has 4 nitrogen and oxygen atoms in total. The molecule has 1 amide bonds. The van der Waals surface area contributed by atoms with Gasteiger partial charge in [0.15, 0.2) is 6.61 Å². The van der Waals surface area contributed by atoms with Crippen LogP contribution in [0.25, 0.3) is 0 Å². The van der Waals surface area contributed by atoms with Gasteiger partial charge < -0.3 is 14.8 Å². The Hall–Kier alpha value is -1.72. The zero-order chi connectivity index (χ0) is 17.7. The predicted molar refractivity (Wildman–Crippen MR) is 100 cm³/mol. The first-order valence-corrected chi connectivity index (χ1v) is 8.63. The second-order valence-electron chi connectivity index (χ2n) is 5.53. The monoisotopic (exact) mass is 411 g/mol. The molecule has 128 valence electrons. The molecule has 2 aromatic carbocycles. The second kappa shape index (κ2) is 8.40. The summed E-state index contributed by atoms with van der Waals surface area (Å²) in [4.78, 5) is 12.1. The van der Waals surface area contributed by atoms with Crippen molar-refractivity contribution in [3.05, 3.63) is 51.5 Å². The zero-order valence-electron chi connectivity index (χ0n) is 13.7. The van der Waals surface area contributed by atoms with Gasteiger partial charge in [-0.2, -0.15) is 0 Å². The molecule has 0 spiro atoms. The number of methoxy groups -OCH3 is 1. The van der Waals surface area contributed by atoms with Gasteiger partial charge in [0.05, 0.1) is 17.3 Å². The lowest BCUT2D eigenvalue weighted by Crippen LogP contribution is -2.20. The van der Waals surface area contributed by atoms with Crippen molar-refractivity contribution in [2.45, 2.75) is 19.8 Å². The molecule has 0 aliphatic carbocycles. The van der Waals surface area contributed by atoms with Crippen LogP contribution in [0.1, 0.15) is 25.3 Å². The molecule has 2 rings (SSSR count). The molecule has 0 saturated heterocycles. The number of nitrogens with one attached hydrogen (secondary N) is 1. The van der Waals surface area contributed by atoms with Gasteiger partial charge in [-0.1, -0.05) is 31.5 Å². The Morgan fingerprint density at radius 3 is 2.54 bits per heavy atom. The summed E-state index contributed by atoms with van der Waals surface area (Å²) in [5.41, 5.74) is 1.70. The number of hydrogen-bond donors (Lipinski definition) is 1. The molecular formula is C18H19BrClNO3. The summed E-state index contributed by atoms with van der Waals surface area (Å²) < 4.78 is 11.6. The molecule has 0 bridgehead atoms. The van der Waals surface area contributed by atoms with E-state index in [1.54, 1.807) is 18.2 Å². The maximum atomic E-state index is 12.1. The fourth-order valence-electron chi connectivity index (χ4n) is 2.10. The van der Waals surface area contributed by atoms with E-state index in [0.29, 0.717) is 28.1 Å². The molecule has 0 atom stereocenters. The SMILES string of the molecule is COc1ccc(Cl)cc1NC(=O)COc1ccc(C(C)C)cc1Br. The fourth-order valence-corrected chi connectivity index (χ4v) is 2.78. The van der Waals surface area contributed by atoms with E-state index >= 15 is 0 Å². The molecule has 24 heavy (non-hydrogen) atoms. The Morgan fingerprint density at radius 1 is 1.21 bits per heavy atom. The smallest absolute Gasteiger partial charge is 0.262 e. The maximum Gasteiger partial charge on any atom is 0.262 e. The Bertz CT molecular complexity index is 734. The highest BCUT2D eigenvalue weighted by Gasteiger charge is 2.11. The highest BCUT2D eigenvalue weighted by Crippen LogP contribution is 2.30. The van der Waals surface area contributed by atoms with Crippen molar-refractivity contribution in [1.29, 1.82) is 0 Å². The Balaban J connectivity index is 2.00. The summed E-state index contributed by atoms with van der Waals surface area (Å²) in [7, 11) is 1.53. The van der Waals surface area contributed by atoms with Gasteiger partial charge in [0.25, 0.3) is 5.91 Å². The minimum Gasteiger partial charge on any atom is -0.495 e. The standard InChI is InChI=1S/C18H19BrClNO3/c1-11(2)12-4-6-16(14(19)8-12)24-10-18(22)21-15-9-13(20)5-7-17(15)23-3/h4-9,11H,10H2,1-3H3,(H,21,22). The first kappa shape index (κ1) is 18.6. The van der Waals surface area contributed by atoms with Crippen molar-refractivity contribution >= 4 is 39.1 Å². The largest absolute Gasteiger partial charge is 0.495 e. The number of ether oxygens (including phenoxy) is 2. The van der Waals surface area contributed by atoms with Crippen LogP contribution in [0.5, 0.6) is 11.5 Å². The normalized spacial score (nSPS) is 10.6. The zero-order valence-corrected chi connectivity index (χ0v) is 16.1. The lowest BCUT2D eigenvalue weighted by atomic mass is 10.0. The Morgan fingerprint density at radius 2 is 1.92 bits per heavy atom. The summed E-state index contributed by atoms with van der Waals surface area (Å²) in [6.45, 7) is 4.12. The average Bonchev–Trinajstić information content (AvgIpc) is 2.53. The average molecular weight is 413 g/mol. The first-order valence-electron chi connectivity index (χ1n) is 7.46. The molecule has 0 fully saturated rings. The van der Waals surface area contributed by atoms with Gasteiger partial charge in [-0.15, -0.1) is 0 Å². The van der Waals surface area contributed by atoms with Crippen LogP contribution >= 0.6 is 27.5 Å². The van der Waals surface area contributed by atoms with E-state index in [9.17, 15) is 4.79 Å². The molecule has 0 unspecified atom stereocenters. The third-order valence-electron chi connectivity index (χ3n) is 3.42. The van der Waals surface area contributed by atoms with Crippen molar-refractivity contribution in [1.82, 2.24) is 0 Å². The van der Waals surface area contributed by atoms with Crippen LogP contribution in [-0.4, -0.2) is 19.6 Å². The fraction of sp³-hybridized carbons (Fsp3) is 0.278. The number of carbonyl (C=O) groups is 1. The number of carbonyl (C=O) groups excluding carboxylic acids is 1. The van der Waals surface area contributed by atoms with E-state index in [4.69, 9.17) is 21.1 Å². The summed E-state index contributed by atoms with van der Waals surface area (Å²) in [6, 6.07) is 10.9. The van der Waals surface area contributed by atoms with Gasteiger partial charge in [-0.25, -0.2) is 0 Å². The van der Waals surface area contributed by atoms with Crippen LogP contribution in [0.4, 0.5) is 5.69 Å². The summed E-state index contributed by atoms with van der Waals surface area (Å²) in [5.74, 6) is 1.28. The van der Waals surface area contributed by atoms with Gasteiger partial charge in [-0.05, 0) is 57.7 Å². The third-order valence-corrected chi connectivity index (χ3v) is 4.27. The van der Waals surface area contributed by atoms with Crippen LogP contribution in [0, 0.1) is 0 Å². The Kier molecular flexibility index (Phi) is 6.52. The molecule has 0 aliphatic rings. The van der Waals surface area contributed by atoms with Crippen LogP contribution in [0.15, 0.2) is 40.9 Å².